The van der Waals surface area contributed by atoms with Crippen molar-refractivity contribution in [3.8, 4) is 0 Å². The lowest BCUT2D eigenvalue weighted by Crippen LogP contribution is -2.50. The Morgan fingerprint density at radius 1 is 1.17 bits per heavy atom. The third-order valence-corrected chi connectivity index (χ3v) is 4.36. The number of ether oxygens (including phenoxy) is 1. The number of aromatic nitrogens is 2. The van der Waals surface area contributed by atoms with Crippen LogP contribution in [0.2, 0.25) is 5.02 Å². The molecule has 3 rings (SSSR count). The van der Waals surface area contributed by atoms with E-state index in [0.29, 0.717) is 36.0 Å². The first kappa shape index (κ1) is 17.1. The van der Waals surface area contributed by atoms with Gasteiger partial charge in [-0.15, -0.1) is 0 Å². The highest BCUT2D eigenvalue weighted by atomic mass is 35.5. The zero-order valence-corrected chi connectivity index (χ0v) is 15.6. The monoisotopic (exact) mass is 368 g/mol. The Hall–Kier alpha value is -1.73. The summed E-state index contributed by atoms with van der Waals surface area (Å²) in [5.74, 6) is 0. The number of nitrogens with zero attached hydrogens (tertiary/aromatic N) is 2. The van der Waals surface area contributed by atoms with Gasteiger partial charge in [0.1, 0.15) is 5.60 Å². The Morgan fingerprint density at radius 2 is 1.75 bits per heavy atom. The zero-order valence-electron chi connectivity index (χ0n) is 14.0. The minimum atomic E-state index is -0.478. The summed E-state index contributed by atoms with van der Waals surface area (Å²) in [6.07, 6.45) is -0.265. The molecular weight excluding hydrogens is 348 g/mol. The molecule has 0 spiro atoms. The summed E-state index contributed by atoms with van der Waals surface area (Å²) in [6.45, 7) is 8.23. The summed E-state index contributed by atoms with van der Waals surface area (Å²) >= 11 is 11.5. The molecule has 6 nitrogen and oxygen atoms in total. The molecule has 0 atom stereocenters. The third kappa shape index (κ3) is 3.67. The van der Waals surface area contributed by atoms with E-state index in [1.54, 1.807) is 4.90 Å². The van der Waals surface area contributed by atoms with E-state index in [2.05, 4.69) is 14.9 Å². The predicted octanol–water partition coefficient (Wildman–Crippen LogP) is 3.94. The molecule has 2 aromatic rings. The summed E-state index contributed by atoms with van der Waals surface area (Å²) in [7, 11) is 0. The molecule has 1 saturated heterocycles. The molecule has 0 bridgehead atoms. The maximum atomic E-state index is 12.1. The maximum Gasteiger partial charge on any atom is 0.410 e. The van der Waals surface area contributed by atoms with Crippen LogP contribution in [0.3, 0.4) is 0 Å². The summed E-state index contributed by atoms with van der Waals surface area (Å²) in [5.41, 5.74) is 2.28. The van der Waals surface area contributed by atoms with Gasteiger partial charge in [0.05, 0.1) is 21.7 Å². The second-order valence-electron chi connectivity index (χ2n) is 6.88. The van der Waals surface area contributed by atoms with Crippen LogP contribution in [0.1, 0.15) is 20.8 Å². The van der Waals surface area contributed by atoms with E-state index in [4.69, 9.17) is 28.6 Å². The Morgan fingerprint density at radius 3 is 2.33 bits per heavy atom. The van der Waals surface area contributed by atoms with E-state index in [0.717, 1.165) is 16.7 Å². The van der Waals surface area contributed by atoms with Gasteiger partial charge in [-0.05, 0) is 45.1 Å². The number of halogens is 1. The highest BCUT2D eigenvalue weighted by molar-refractivity contribution is 7.71. The summed E-state index contributed by atoms with van der Waals surface area (Å²) in [5, 5.41) is 0.665. The Labute approximate surface area is 150 Å². The van der Waals surface area contributed by atoms with Crippen molar-refractivity contribution in [2.24, 2.45) is 0 Å². The topological polar surface area (TPSA) is 64.4 Å². The van der Waals surface area contributed by atoms with Gasteiger partial charge in [-0.25, -0.2) is 4.79 Å². The van der Waals surface area contributed by atoms with Crippen LogP contribution in [0, 0.1) is 4.77 Å². The average molecular weight is 369 g/mol. The van der Waals surface area contributed by atoms with E-state index in [1.807, 2.05) is 32.9 Å². The van der Waals surface area contributed by atoms with Crippen molar-refractivity contribution in [3.63, 3.8) is 0 Å². The maximum absolute atomic E-state index is 12.1. The minimum absolute atomic E-state index is 0.265. The zero-order chi connectivity index (χ0) is 17.5. The number of amides is 1. The normalized spacial score (nSPS) is 15.8. The van der Waals surface area contributed by atoms with Gasteiger partial charge in [-0.3, -0.25) is 0 Å². The molecule has 1 amide bonds. The molecule has 1 aliphatic heterocycles. The number of benzene rings is 1. The smallest absolute Gasteiger partial charge is 0.410 e. The lowest BCUT2D eigenvalue weighted by atomic mass is 10.2. The molecule has 1 aliphatic rings. The van der Waals surface area contributed by atoms with Crippen molar-refractivity contribution >= 4 is 46.6 Å². The molecule has 8 heteroatoms. The van der Waals surface area contributed by atoms with Crippen molar-refractivity contribution in [2.75, 3.05) is 31.1 Å². The summed E-state index contributed by atoms with van der Waals surface area (Å²) in [6, 6.07) is 3.87. The SMILES string of the molecule is CC(C)(C)OC(=O)N1CCN(c2cc3[nH]c(=S)[nH]c3cc2Cl)CC1. The van der Waals surface area contributed by atoms with Crippen molar-refractivity contribution in [2.45, 2.75) is 26.4 Å². The lowest BCUT2D eigenvalue weighted by molar-refractivity contribution is 0.0240. The Bertz CT molecular complexity index is 816. The Kier molecular flexibility index (Phi) is 4.48. The molecule has 2 heterocycles. The Balaban J connectivity index is 1.71. The fourth-order valence-electron chi connectivity index (χ4n) is 2.74. The van der Waals surface area contributed by atoms with Gasteiger partial charge in [0.2, 0.25) is 0 Å². The van der Waals surface area contributed by atoms with Gasteiger partial charge in [0.25, 0.3) is 0 Å². The number of H-pyrrole nitrogens is 2. The molecule has 1 aromatic heterocycles. The van der Waals surface area contributed by atoms with Crippen LogP contribution in [-0.2, 0) is 4.74 Å². The van der Waals surface area contributed by atoms with Gasteiger partial charge >= 0.3 is 6.09 Å². The van der Waals surface area contributed by atoms with Gasteiger partial charge in [0.15, 0.2) is 4.77 Å². The minimum Gasteiger partial charge on any atom is -0.444 e. The van der Waals surface area contributed by atoms with Gasteiger partial charge < -0.3 is 24.5 Å². The first-order valence-electron chi connectivity index (χ1n) is 7.87. The lowest BCUT2D eigenvalue weighted by Gasteiger charge is -2.37. The third-order valence-electron chi connectivity index (χ3n) is 3.86. The second kappa shape index (κ2) is 6.29. The first-order valence-corrected chi connectivity index (χ1v) is 8.66. The molecule has 1 aromatic carbocycles. The van der Waals surface area contributed by atoms with E-state index in [9.17, 15) is 4.79 Å². The number of carbonyl (C=O) groups is 1. The highest BCUT2D eigenvalue weighted by Gasteiger charge is 2.26. The number of carbonyl (C=O) groups excluding carboxylic acids is 1. The van der Waals surface area contributed by atoms with Crippen molar-refractivity contribution in [1.29, 1.82) is 0 Å². The summed E-state index contributed by atoms with van der Waals surface area (Å²) < 4.78 is 6.00. The fourth-order valence-corrected chi connectivity index (χ4v) is 3.25. The van der Waals surface area contributed by atoms with Crippen molar-refractivity contribution < 1.29 is 9.53 Å². The van der Waals surface area contributed by atoms with Crippen LogP contribution in [0.4, 0.5) is 10.5 Å². The quantitative estimate of drug-likeness (QED) is 0.748. The molecule has 0 saturated carbocycles. The van der Waals surface area contributed by atoms with Crippen LogP contribution in [0.25, 0.3) is 11.0 Å². The molecule has 24 heavy (non-hydrogen) atoms. The average Bonchev–Trinajstić information content (AvgIpc) is 2.84. The van der Waals surface area contributed by atoms with Crippen LogP contribution in [0.15, 0.2) is 12.1 Å². The van der Waals surface area contributed by atoms with Gasteiger partial charge in [-0.2, -0.15) is 0 Å². The number of imidazole rings is 1. The molecule has 0 aliphatic carbocycles. The van der Waals surface area contributed by atoms with Crippen molar-refractivity contribution in [1.82, 2.24) is 14.9 Å². The number of fused-ring (bicyclic) bond motifs is 1. The van der Waals surface area contributed by atoms with E-state index in [1.165, 1.54) is 0 Å². The second-order valence-corrected chi connectivity index (χ2v) is 7.70. The number of anilines is 1. The fraction of sp³-hybridized carbons (Fsp3) is 0.500. The first-order chi connectivity index (χ1) is 11.2. The number of piperazine rings is 1. The number of rotatable bonds is 1. The van der Waals surface area contributed by atoms with Crippen LogP contribution < -0.4 is 4.90 Å². The van der Waals surface area contributed by atoms with E-state index >= 15 is 0 Å². The molecule has 130 valence electrons. The molecular formula is C16H21ClN4O2S. The predicted molar refractivity (Wildman–Crippen MR) is 98.5 cm³/mol. The summed E-state index contributed by atoms with van der Waals surface area (Å²) in [4.78, 5) is 22.2. The van der Waals surface area contributed by atoms with Crippen molar-refractivity contribution in [3.05, 3.63) is 21.9 Å². The largest absolute Gasteiger partial charge is 0.444 e. The number of nitrogens with one attached hydrogen (secondary N) is 2. The number of hydrogen-bond acceptors (Lipinski definition) is 4. The highest BCUT2D eigenvalue weighted by Crippen LogP contribution is 2.30. The van der Waals surface area contributed by atoms with Gasteiger partial charge in [-0.1, -0.05) is 11.6 Å². The van der Waals surface area contributed by atoms with Crippen LogP contribution in [0.5, 0.6) is 0 Å². The number of aromatic amines is 2. The van der Waals surface area contributed by atoms with E-state index < -0.39 is 5.60 Å². The van der Waals surface area contributed by atoms with E-state index in [-0.39, 0.29) is 6.09 Å². The van der Waals surface area contributed by atoms with Crippen LogP contribution >= 0.6 is 23.8 Å². The molecule has 0 unspecified atom stereocenters. The standard InChI is InChI=1S/C16H21ClN4O2S/c1-16(2,3)23-15(22)21-6-4-20(5-7-21)13-9-12-11(8-10(13)17)18-14(24)19-12/h8-9H,4-7H2,1-3H3,(H2,18,19,24). The molecule has 2 N–H and O–H groups in total. The molecule has 1 fully saturated rings. The van der Waals surface area contributed by atoms with Crippen LogP contribution in [-0.4, -0.2) is 52.7 Å². The van der Waals surface area contributed by atoms with Gasteiger partial charge in [0, 0.05) is 26.2 Å². The number of hydrogen-bond donors (Lipinski definition) is 2. The molecule has 0 radical (unpaired) electrons.